The summed E-state index contributed by atoms with van der Waals surface area (Å²) in [6.45, 7) is 11.7. The molecule has 0 spiro atoms. The van der Waals surface area contributed by atoms with Crippen molar-refractivity contribution in [1.82, 2.24) is 19.7 Å². The lowest BCUT2D eigenvalue weighted by Crippen LogP contribution is -2.51. The molecule has 0 bridgehead atoms. The molecule has 2 aromatic rings. The van der Waals surface area contributed by atoms with Gasteiger partial charge in [0.2, 0.25) is 5.91 Å². The number of aromatic nitrogens is 1. The number of hydrogen-bond donors (Lipinski definition) is 0. The average Bonchev–Trinajstić information content (AvgIpc) is 2.83. The predicted octanol–water partition coefficient (Wildman–Crippen LogP) is 3.26. The third kappa shape index (κ3) is 5.30. The first kappa shape index (κ1) is 22.7. The van der Waals surface area contributed by atoms with Gasteiger partial charge in [-0.2, -0.15) is 0 Å². The van der Waals surface area contributed by atoms with Crippen LogP contribution in [0.1, 0.15) is 35.1 Å². The number of amides is 1. The van der Waals surface area contributed by atoms with Crippen LogP contribution in [0.2, 0.25) is 0 Å². The molecule has 6 heteroatoms. The van der Waals surface area contributed by atoms with Gasteiger partial charge in [-0.05, 0) is 80.2 Å². The highest BCUT2D eigenvalue weighted by Gasteiger charge is 2.30. The van der Waals surface area contributed by atoms with Crippen LogP contribution in [0.25, 0.3) is 0 Å². The molecule has 2 fully saturated rings. The van der Waals surface area contributed by atoms with Crippen molar-refractivity contribution in [2.45, 2.75) is 39.8 Å². The van der Waals surface area contributed by atoms with Crippen molar-refractivity contribution in [3.8, 4) is 5.75 Å². The van der Waals surface area contributed by atoms with Gasteiger partial charge in [-0.25, -0.2) is 0 Å². The minimum atomic E-state index is 0.182. The molecule has 172 valence electrons. The van der Waals surface area contributed by atoms with Crippen LogP contribution in [0.3, 0.4) is 0 Å². The van der Waals surface area contributed by atoms with Gasteiger partial charge in [-0.1, -0.05) is 6.07 Å². The number of hydrogen-bond acceptors (Lipinski definition) is 5. The van der Waals surface area contributed by atoms with Crippen molar-refractivity contribution in [1.29, 1.82) is 0 Å². The number of carbonyl (C=O) groups excluding carboxylic acids is 1. The largest absolute Gasteiger partial charge is 0.496 e. The van der Waals surface area contributed by atoms with Gasteiger partial charge >= 0.3 is 0 Å². The van der Waals surface area contributed by atoms with Crippen molar-refractivity contribution >= 4 is 5.91 Å². The van der Waals surface area contributed by atoms with E-state index < -0.39 is 0 Å². The molecule has 2 aliphatic rings. The lowest BCUT2D eigenvalue weighted by Gasteiger charge is -2.38. The van der Waals surface area contributed by atoms with Gasteiger partial charge in [0.15, 0.2) is 0 Å². The standard InChI is InChI=1S/C26H36N4O2/c1-20-21(2)25(32-3)5-4-24(20)19-29-14-16-30(17-15-29)26(31)23-8-12-28(13-9-23)18-22-6-10-27-11-7-22/h4-7,10-11,23H,8-9,12-19H2,1-3H3. The SMILES string of the molecule is COc1ccc(CN2CCN(C(=O)C3CCN(Cc4ccncc4)CC3)CC2)c(C)c1C. The maximum atomic E-state index is 13.1. The van der Waals surface area contributed by atoms with Crippen molar-refractivity contribution < 1.29 is 9.53 Å². The zero-order valence-corrected chi connectivity index (χ0v) is 19.7. The molecule has 2 aliphatic heterocycles. The Balaban J connectivity index is 1.23. The fourth-order valence-electron chi connectivity index (χ4n) is 4.95. The molecule has 0 unspecified atom stereocenters. The monoisotopic (exact) mass is 436 g/mol. The highest BCUT2D eigenvalue weighted by molar-refractivity contribution is 5.79. The maximum absolute atomic E-state index is 13.1. The zero-order valence-electron chi connectivity index (χ0n) is 19.7. The van der Waals surface area contributed by atoms with E-state index in [4.69, 9.17) is 4.74 Å². The van der Waals surface area contributed by atoms with E-state index in [1.165, 1.54) is 22.3 Å². The molecule has 1 amide bonds. The van der Waals surface area contributed by atoms with Gasteiger partial charge in [0.1, 0.15) is 5.75 Å². The average molecular weight is 437 g/mol. The predicted molar refractivity (Wildman–Crippen MR) is 127 cm³/mol. The summed E-state index contributed by atoms with van der Waals surface area (Å²) in [5.41, 5.74) is 5.17. The fourth-order valence-corrected chi connectivity index (χ4v) is 4.95. The van der Waals surface area contributed by atoms with Gasteiger partial charge in [0, 0.05) is 57.6 Å². The van der Waals surface area contributed by atoms with Gasteiger partial charge in [0.25, 0.3) is 0 Å². The first-order valence-electron chi connectivity index (χ1n) is 11.8. The van der Waals surface area contributed by atoms with E-state index in [9.17, 15) is 4.79 Å². The lowest BCUT2D eigenvalue weighted by molar-refractivity contribution is -0.139. The molecular formula is C26H36N4O2. The van der Waals surface area contributed by atoms with Crippen molar-refractivity contribution in [2.75, 3.05) is 46.4 Å². The van der Waals surface area contributed by atoms with E-state index in [2.05, 4.69) is 57.8 Å². The molecule has 6 nitrogen and oxygen atoms in total. The molecule has 1 aromatic carbocycles. The van der Waals surface area contributed by atoms with Crippen LogP contribution < -0.4 is 4.74 Å². The number of carbonyl (C=O) groups is 1. The maximum Gasteiger partial charge on any atom is 0.225 e. The molecule has 3 heterocycles. The summed E-state index contributed by atoms with van der Waals surface area (Å²) in [5, 5.41) is 0. The topological polar surface area (TPSA) is 48.9 Å². The molecular weight excluding hydrogens is 400 g/mol. The Kier molecular flexibility index (Phi) is 7.43. The Morgan fingerprint density at radius 2 is 1.56 bits per heavy atom. The zero-order chi connectivity index (χ0) is 22.5. The number of pyridine rings is 1. The number of piperazine rings is 1. The van der Waals surface area contributed by atoms with Crippen LogP contribution >= 0.6 is 0 Å². The molecule has 0 atom stereocenters. The summed E-state index contributed by atoms with van der Waals surface area (Å²) in [7, 11) is 1.72. The van der Waals surface area contributed by atoms with E-state index in [-0.39, 0.29) is 5.92 Å². The molecule has 1 aromatic heterocycles. The number of ether oxygens (including phenoxy) is 1. The van der Waals surface area contributed by atoms with Crippen LogP contribution in [-0.4, -0.2) is 72.0 Å². The number of benzene rings is 1. The first-order valence-corrected chi connectivity index (χ1v) is 11.8. The lowest BCUT2D eigenvalue weighted by atomic mass is 9.94. The summed E-state index contributed by atoms with van der Waals surface area (Å²) in [6, 6.07) is 8.40. The van der Waals surface area contributed by atoms with E-state index in [0.29, 0.717) is 5.91 Å². The number of likely N-dealkylation sites (tertiary alicyclic amines) is 1. The number of nitrogens with zero attached hydrogens (tertiary/aromatic N) is 4. The second-order valence-electron chi connectivity index (χ2n) is 9.18. The van der Waals surface area contributed by atoms with E-state index in [1.54, 1.807) is 7.11 Å². The molecule has 0 aliphatic carbocycles. The van der Waals surface area contributed by atoms with Gasteiger partial charge in [-0.3, -0.25) is 19.6 Å². The minimum absolute atomic E-state index is 0.182. The van der Waals surface area contributed by atoms with Crippen LogP contribution in [0, 0.1) is 19.8 Å². The second-order valence-corrected chi connectivity index (χ2v) is 9.18. The summed E-state index contributed by atoms with van der Waals surface area (Å²) >= 11 is 0. The smallest absolute Gasteiger partial charge is 0.225 e. The van der Waals surface area contributed by atoms with Gasteiger partial charge in [0.05, 0.1) is 7.11 Å². The summed E-state index contributed by atoms with van der Waals surface area (Å²) < 4.78 is 5.44. The number of piperidine rings is 1. The van der Waals surface area contributed by atoms with Gasteiger partial charge in [-0.15, -0.1) is 0 Å². The van der Waals surface area contributed by atoms with Crippen molar-refractivity contribution in [2.24, 2.45) is 5.92 Å². The third-order valence-corrected chi connectivity index (χ3v) is 7.24. The fraction of sp³-hybridized carbons (Fsp3) is 0.538. The van der Waals surface area contributed by atoms with Crippen LogP contribution in [-0.2, 0) is 17.9 Å². The van der Waals surface area contributed by atoms with Crippen molar-refractivity contribution in [3.05, 3.63) is 58.9 Å². The van der Waals surface area contributed by atoms with E-state index >= 15 is 0 Å². The first-order chi connectivity index (χ1) is 15.5. The molecule has 0 saturated carbocycles. The number of rotatable bonds is 6. The molecule has 0 N–H and O–H groups in total. The van der Waals surface area contributed by atoms with Crippen LogP contribution in [0.4, 0.5) is 0 Å². The molecule has 32 heavy (non-hydrogen) atoms. The van der Waals surface area contributed by atoms with Crippen LogP contribution in [0.5, 0.6) is 5.75 Å². The normalized spacial score (nSPS) is 18.7. The Morgan fingerprint density at radius 3 is 2.22 bits per heavy atom. The molecule has 0 radical (unpaired) electrons. The van der Waals surface area contributed by atoms with Crippen molar-refractivity contribution in [3.63, 3.8) is 0 Å². The summed E-state index contributed by atoms with van der Waals surface area (Å²) in [5.74, 6) is 1.50. The Hall–Kier alpha value is -2.44. The molecule has 4 rings (SSSR count). The second kappa shape index (κ2) is 10.5. The Morgan fingerprint density at radius 1 is 0.906 bits per heavy atom. The Labute approximate surface area is 192 Å². The quantitative estimate of drug-likeness (QED) is 0.696. The Bertz CT molecular complexity index is 902. The molecule has 2 saturated heterocycles. The third-order valence-electron chi connectivity index (χ3n) is 7.24. The summed E-state index contributed by atoms with van der Waals surface area (Å²) in [4.78, 5) is 24.2. The van der Waals surface area contributed by atoms with Gasteiger partial charge < -0.3 is 9.64 Å². The highest BCUT2D eigenvalue weighted by atomic mass is 16.5. The van der Waals surface area contributed by atoms with E-state index in [1.807, 2.05) is 12.4 Å². The highest BCUT2D eigenvalue weighted by Crippen LogP contribution is 2.26. The van der Waals surface area contributed by atoms with Crippen LogP contribution in [0.15, 0.2) is 36.7 Å². The number of methoxy groups -OCH3 is 1. The van der Waals surface area contributed by atoms with E-state index in [0.717, 1.165) is 70.9 Å². The summed E-state index contributed by atoms with van der Waals surface area (Å²) in [6.07, 6.45) is 5.63. The minimum Gasteiger partial charge on any atom is -0.496 e.